The van der Waals surface area contributed by atoms with E-state index in [-0.39, 0.29) is 11.3 Å². The molecule has 1 aromatic heterocycles. The molecule has 0 aliphatic rings. The Hall–Kier alpha value is -2.20. The first-order chi connectivity index (χ1) is 9.04. The third kappa shape index (κ3) is 4.89. The lowest BCUT2D eigenvalue weighted by molar-refractivity contribution is -0.385. The van der Waals surface area contributed by atoms with Crippen molar-refractivity contribution in [2.24, 2.45) is 5.92 Å². The summed E-state index contributed by atoms with van der Waals surface area (Å²) < 4.78 is 5.37. The molecule has 7 heteroatoms. The molecule has 1 N–H and O–H groups in total. The molecule has 19 heavy (non-hydrogen) atoms. The maximum absolute atomic E-state index is 10.6. The number of pyridine rings is 1. The molecule has 0 saturated heterocycles. The Balaban J connectivity index is 2.54. The first kappa shape index (κ1) is 14.9. The fourth-order valence-corrected chi connectivity index (χ4v) is 1.34. The van der Waals surface area contributed by atoms with E-state index < -0.39 is 4.92 Å². The van der Waals surface area contributed by atoms with Crippen LogP contribution in [0, 0.1) is 27.4 Å². The van der Waals surface area contributed by atoms with E-state index in [4.69, 9.17) is 10.00 Å². The highest BCUT2D eigenvalue weighted by Gasteiger charge is 2.11. The molecule has 0 fully saturated rings. The lowest BCUT2D eigenvalue weighted by Gasteiger charge is -2.09. The molecule has 0 aromatic carbocycles. The van der Waals surface area contributed by atoms with Crippen molar-refractivity contribution in [3.05, 3.63) is 27.9 Å². The fourth-order valence-electron chi connectivity index (χ4n) is 1.34. The summed E-state index contributed by atoms with van der Waals surface area (Å²) in [5.41, 5.74) is -0.0452. The fraction of sp³-hybridized carbons (Fsp3) is 0.500. The van der Waals surface area contributed by atoms with Gasteiger partial charge in [0.1, 0.15) is 23.6 Å². The molecule has 7 nitrogen and oxygen atoms in total. The molecule has 102 valence electrons. The van der Waals surface area contributed by atoms with Crippen molar-refractivity contribution in [2.45, 2.75) is 13.8 Å². The molecule has 0 bridgehead atoms. The van der Waals surface area contributed by atoms with Crippen molar-refractivity contribution in [1.29, 1.82) is 5.26 Å². The van der Waals surface area contributed by atoms with Crippen LogP contribution >= 0.6 is 0 Å². The minimum atomic E-state index is -0.580. The maximum atomic E-state index is 10.6. The van der Waals surface area contributed by atoms with Crippen LogP contribution in [0.1, 0.15) is 19.4 Å². The first-order valence-corrected chi connectivity index (χ1v) is 5.90. The third-order valence-corrected chi connectivity index (χ3v) is 2.19. The van der Waals surface area contributed by atoms with Gasteiger partial charge in [0.05, 0.1) is 11.5 Å². The van der Waals surface area contributed by atoms with Gasteiger partial charge in [-0.1, -0.05) is 13.8 Å². The van der Waals surface area contributed by atoms with Crippen molar-refractivity contribution in [2.75, 3.05) is 25.1 Å². The SMILES string of the molecule is CC(C)COCCNc1ncc([N+](=O)[O-])cc1C#N. The van der Waals surface area contributed by atoms with Crippen LogP contribution in [-0.2, 0) is 4.74 Å². The van der Waals surface area contributed by atoms with Gasteiger partial charge in [-0.2, -0.15) is 5.26 Å². The molecule has 1 rings (SSSR count). The van der Waals surface area contributed by atoms with Crippen LogP contribution in [-0.4, -0.2) is 29.7 Å². The van der Waals surface area contributed by atoms with E-state index >= 15 is 0 Å². The Labute approximate surface area is 111 Å². The molecule has 0 saturated carbocycles. The second-order valence-corrected chi connectivity index (χ2v) is 4.35. The first-order valence-electron chi connectivity index (χ1n) is 5.90. The molecule has 0 atom stereocenters. The number of nitriles is 1. The number of hydrogen-bond acceptors (Lipinski definition) is 6. The zero-order chi connectivity index (χ0) is 14.3. The van der Waals surface area contributed by atoms with E-state index in [9.17, 15) is 10.1 Å². The summed E-state index contributed by atoms with van der Waals surface area (Å²) in [6.45, 7) is 5.76. The summed E-state index contributed by atoms with van der Waals surface area (Å²) in [6, 6.07) is 3.08. The van der Waals surface area contributed by atoms with Crippen LogP contribution in [0.2, 0.25) is 0 Å². The summed E-state index contributed by atoms with van der Waals surface area (Å²) in [6.07, 6.45) is 1.12. The molecule has 1 aromatic rings. The number of anilines is 1. The standard InChI is InChI=1S/C12H16N4O3/c1-9(2)8-19-4-3-14-12-10(6-13)5-11(7-15-12)16(17)18/h5,7,9H,3-4,8H2,1-2H3,(H,14,15). The Morgan fingerprint density at radius 1 is 1.63 bits per heavy atom. The number of nitrogens with zero attached hydrogens (tertiary/aromatic N) is 3. The second-order valence-electron chi connectivity index (χ2n) is 4.35. The van der Waals surface area contributed by atoms with Gasteiger partial charge in [0.15, 0.2) is 0 Å². The molecular weight excluding hydrogens is 248 g/mol. The Morgan fingerprint density at radius 3 is 2.95 bits per heavy atom. The number of nitro groups is 1. The monoisotopic (exact) mass is 264 g/mol. The average molecular weight is 264 g/mol. The minimum Gasteiger partial charge on any atom is -0.379 e. The van der Waals surface area contributed by atoms with Crippen LogP contribution in [0.15, 0.2) is 12.3 Å². The molecular formula is C12H16N4O3. The van der Waals surface area contributed by atoms with E-state index in [1.54, 1.807) is 0 Å². The molecule has 0 spiro atoms. The number of nitrogens with one attached hydrogen (secondary N) is 1. The van der Waals surface area contributed by atoms with Gasteiger partial charge in [-0.15, -0.1) is 0 Å². The van der Waals surface area contributed by atoms with Crippen molar-refractivity contribution < 1.29 is 9.66 Å². The van der Waals surface area contributed by atoms with E-state index in [0.717, 1.165) is 6.20 Å². The van der Waals surface area contributed by atoms with Crippen LogP contribution in [0.5, 0.6) is 0 Å². The highest BCUT2D eigenvalue weighted by molar-refractivity contribution is 5.55. The molecule has 0 aliphatic heterocycles. The highest BCUT2D eigenvalue weighted by atomic mass is 16.6. The van der Waals surface area contributed by atoms with Crippen molar-refractivity contribution >= 4 is 11.5 Å². The molecule has 0 radical (unpaired) electrons. The Kier molecular flexibility index (Phi) is 5.70. The van der Waals surface area contributed by atoms with E-state index in [2.05, 4.69) is 24.1 Å². The zero-order valence-corrected chi connectivity index (χ0v) is 10.9. The van der Waals surface area contributed by atoms with Gasteiger partial charge in [0.2, 0.25) is 0 Å². The summed E-state index contributed by atoms with van der Waals surface area (Å²) in [5, 5.41) is 22.4. The second kappa shape index (κ2) is 7.28. The summed E-state index contributed by atoms with van der Waals surface area (Å²) in [5.74, 6) is 0.799. The minimum absolute atomic E-state index is 0.151. The Bertz CT molecular complexity index is 482. The normalized spacial score (nSPS) is 10.2. The van der Waals surface area contributed by atoms with Crippen LogP contribution in [0.25, 0.3) is 0 Å². The number of ether oxygens (including phenoxy) is 1. The van der Waals surface area contributed by atoms with E-state index in [1.165, 1.54) is 6.07 Å². The average Bonchev–Trinajstić information content (AvgIpc) is 2.37. The molecule has 0 amide bonds. The van der Waals surface area contributed by atoms with Gasteiger partial charge in [0.25, 0.3) is 5.69 Å². The summed E-state index contributed by atoms with van der Waals surface area (Å²) >= 11 is 0. The zero-order valence-electron chi connectivity index (χ0n) is 10.9. The third-order valence-electron chi connectivity index (χ3n) is 2.19. The van der Waals surface area contributed by atoms with E-state index in [1.807, 2.05) is 6.07 Å². The van der Waals surface area contributed by atoms with Gasteiger partial charge in [0, 0.05) is 19.2 Å². The predicted molar refractivity (Wildman–Crippen MR) is 69.8 cm³/mol. The van der Waals surface area contributed by atoms with Crippen molar-refractivity contribution in [3.8, 4) is 6.07 Å². The summed E-state index contributed by atoms with van der Waals surface area (Å²) in [7, 11) is 0. The van der Waals surface area contributed by atoms with Gasteiger partial charge in [-0.05, 0) is 5.92 Å². The van der Waals surface area contributed by atoms with Crippen LogP contribution in [0.4, 0.5) is 11.5 Å². The predicted octanol–water partition coefficient (Wildman–Crippen LogP) is 1.95. The number of aromatic nitrogens is 1. The largest absolute Gasteiger partial charge is 0.379 e. The molecule has 0 unspecified atom stereocenters. The van der Waals surface area contributed by atoms with Crippen LogP contribution in [0.3, 0.4) is 0 Å². The quantitative estimate of drug-likeness (QED) is 0.459. The molecule has 0 aliphatic carbocycles. The lowest BCUT2D eigenvalue weighted by Crippen LogP contribution is -2.13. The van der Waals surface area contributed by atoms with Gasteiger partial charge >= 0.3 is 0 Å². The maximum Gasteiger partial charge on any atom is 0.289 e. The van der Waals surface area contributed by atoms with Gasteiger partial charge in [-0.25, -0.2) is 4.98 Å². The summed E-state index contributed by atoms with van der Waals surface area (Å²) in [4.78, 5) is 13.9. The van der Waals surface area contributed by atoms with Crippen LogP contribution < -0.4 is 5.32 Å². The van der Waals surface area contributed by atoms with Crippen molar-refractivity contribution in [1.82, 2.24) is 4.98 Å². The van der Waals surface area contributed by atoms with Gasteiger partial charge in [-0.3, -0.25) is 10.1 Å². The number of rotatable bonds is 7. The topological polar surface area (TPSA) is 101 Å². The molecule has 1 heterocycles. The smallest absolute Gasteiger partial charge is 0.289 e. The van der Waals surface area contributed by atoms with E-state index in [0.29, 0.717) is 31.5 Å². The Morgan fingerprint density at radius 2 is 2.37 bits per heavy atom. The highest BCUT2D eigenvalue weighted by Crippen LogP contribution is 2.17. The number of hydrogen-bond donors (Lipinski definition) is 1. The van der Waals surface area contributed by atoms with Crippen molar-refractivity contribution in [3.63, 3.8) is 0 Å². The lowest BCUT2D eigenvalue weighted by atomic mass is 10.2. The van der Waals surface area contributed by atoms with Gasteiger partial charge < -0.3 is 10.1 Å².